The maximum Gasteiger partial charge on any atom is 0.309 e. The van der Waals surface area contributed by atoms with Crippen LogP contribution in [-0.2, 0) is 20.9 Å². The van der Waals surface area contributed by atoms with Gasteiger partial charge in [0, 0.05) is 19.5 Å². The summed E-state index contributed by atoms with van der Waals surface area (Å²) in [6.45, 7) is 4.10. The van der Waals surface area contributed by atoms with Gasteiger partial charge in [-0.1, -0.05) is 13.3 Å². The molecule has 1 aliphatic heterocycles. The van der Waals surface area contributed by atoms with Crippen molar-refractivity contribution in [1.29, 1.82) is 0 Å². The van der Waals surface area contributed by atoms with Crippen LogP contribution >= 0.6 is 11.3 Å². The van der Waals surface area contributed by atoms with Crippen LogP contribution in [0.2, 0.25) is 0 Å². The van der Waals surface area contributed by atoms with Crippen LogP contribution < -0.4 is 0 Å². The van der Waals surface area contributed by atoms with E-state index in [0.29, 0.717) is 26.0 Å². The number of amides is 1. The third-order valence-electron chi connectivity index (χ3n) is 3.84. The van der Waals surface area contributed by atoms with Crippen molar-refractivity contribution in [1.82, 2.24) is 4.90 Å². The van der Waals surface area contributed by atoms with E-state index in [-0.39, 0.29) is 17.8 Å². The smallest absolute Gasteiger partial charge is 0.309 e. The lowest BCUT2D eigenvalue weighted by molar-refractivity contribution is -0.141. The highest BCUT2D eigenvalue weighted by Crippen LogP contribution is 2.21. The molecule has 0 aliphatic carbocycles. The van der Waals surface area contributed by atoms with Crippen LogP contribution in [0.4, 0.5) is 0 Å². The molecule has 2 rings (SSSR count). The second-order valence-electron chi connectivity index (χ2n) is 5.49. The van der Waals surface area contributed by atoms with Crippen molar-refractivity contribution in [2.24, 2.45) is 5.92 Å². The maximum atomic E-state index is 12.4. The van der Waals surface area contributed by atoms with E-state index in [9.17, 15) is 9.59 Å². The monoisotopic (exact) mass is 309 g/mol. The highest BCUT2D eigenvalue weighted by Gasteiger charge is 2.27. The largest absolute Gasteiger partial charge is 0.465 e. The summed E-state index contributed by atoms with van der Waals surface area (Å²) >= 11 is 1.65. The number of cyclic esters (lactones) is 1. The van der Waals surface area contributed by atoms with E-state index in [1.54, 1.807) is 11.3 Å². The van der Waals surface area contributed by atoms with Crippen molar-refractivity contribution in [2.75, 3.05) is 13.2 Å². The summed E-state index contributed by atoms with van der Waals surface area (Å²) in [5.41, 5.74) is 1.18. The Balaban J connectivity index is 1.85. The second-order valence-corrected chi connectivity index (χ2v) is 6.27. The number of carbonyl (C=O) groups is 2. The second kappa shape index (κ2) is 8.17. The van der Waals surface area contributed by atoms with Gasteiger partial charge in [-0.25, -0.2) is 0 Å². The molecule has 2 heterocycles. The average Bonchev–Trinajstić information content (AvgIpc) is 3.12. The molecule has 0 aromatic carbocycles. The number of esters is 1. The Labute approximate surface area is 130 Å². The number of nitrogens with zero attached hydrogens (tertiary/aromatic N) is 1. The highest BCUT2D eigenvalue weighted by atomic mass is 32.1. The summed E-state index contributed by atoms with van der Waals surface area (Å²) in [7, 11) is 0. The summed E-state index contributed by atoms with van der Waals surface area (Å²) < 4.78 is 4.95. The molecule has 21 heavy (non-hydrogen) atoms. The first-order valence-corrected chi connectivity index (χ1v) is 8.60. The van der Waals surface area contributed by atoms with Gasteiger partial charge in [0.1, 0.15) is 0 Å². The first-order valence-electron chi connectivity index (χ1n) is 7.66. The zero-order chi connectivity index (χ0) is 15.1. The Hall–Kier alpha value is -1.36. The Morgan fingerprint density at radius 3 is 3.00 bits per heavy atom. The van der Waals surface area contributed by atoms with Crippen LogP contribution in [0.15, 0.2) is 16.8 Å². The van der Waals surface area contributed by atoms with Gasteiger partial charge >= 0.3 is 5.97 Å². The van der Waals surface area contributed by atoms with Crippen molar-refractivity contribution in [2.45, 2.75) is 45.6 Å². The fraction of sp³-hybridized carbons (Fsp3) is 0.625. The third kappa shape index (κ3) is 4.84. The van der Waals surface area contributed by atoms with E-state index in [0.717, 1.165) is 25.8 Å². The minimum atomic E-state index is -0.138. The molecule has 1 fully saturated rings. The van der Waals surface area contributed by atoms with Gasteiger partial charge in [-0.3, -0.25) is 9.59 Å². The van der Waals surface area contributed by atoms with E-state index < -0.39 is 0 Å². The number of hydrogen-bond donors (Lipinski definition) is 0. The summed E-state index contributed by atoms with van der Waals surface area (Å²) in [5, 5.41) is 4.12. The fourth-order valence-electron chi connectivity index (χ4n) is 2.50. The molecule has 1 saturated heterocycles. The van der Waals surface area contributed by atoms with Crippen LogP contribution in [0, 0.1) is 5.92 Å². The van der Waals surface area contributed by atoms with Crippen molar-refractivity contribution in [3.05, 3.63) is 22.4 Å². The molecule has 116 valence electrons. The number of ether oxygens (including phenoxy) is 1. The lowest BCUT2D eigenvalue weighted by Gasteiger charge is -2.22. The van der Waals surface area contributed by atoms with E-state index >= 15 is 0 Å². The summed E-state index contributed by atoms with van der Waals surface area (Å²) in [6.07, 6.45) is 3.90. The first-order chi connectivity index (χ1) is 10.2. The van der Waals surface area contributed by atoms with Crippen molar-refractivity contribution >= 4 is 23.2 Å². The van der Waals surface area contributed by atoms with Gasteiger partial charge in [-0.15, -0.1) is 0 Å². The van der Waals surface area contributed by atoms with Gasteiger partial charge in [0.2, 0.25) is 5.91 Å². The quantitative estimate of drug-likeness (QED) is 0.693. The molecule has 0 radical (unpaired) electrons. The first kappa shape index (κ1) is 16.0. The van der Waals surface area contributed by atoms with Crippen LogP contribution in [0.1, 0.15) is 44.6 Å². The minimum Gasteiger partial charge on any atom is -0.465 e. The van der Waals surface area contributed by atoms with Crippen LogP contribution in [0.3, 0.4) is 0 Å². The highest BCUT2D eigenvalue weighted by molar-refractivity contribution is 7.07. The van der Waals surface area contributed by atoms with E-state index in [4.69, 9.17) is 4.74 Å². The van der Waals surface area contributed by atoms with Gasteiger partial charge in [-0.2, -0.15) is 11.3 Å². The van der Waals surface area contributed by atoms with Gasteiger partial charge < -0.3 is 9.64 Å². The molecular weight excluding hydrogens is 286 g/mol. The molecule has 1 aromatic rings. The number of carbonyl (C=O) groups excluding carboxylic acids is 2. The molecule has 5 heteroatoms. The molecule has 1 amide bonds. The molecule has 0 bridgehead atoms. The average molecular weight is 309 g/mol. The van der Waals surface area contributed by atoms with Crippen LogP contribution in [0.5, 0.6) is 0 Å². The van der Waals surface area contributed by atoms with Gasteiger partial charge in [0.05, 0.1) is 12.5 Å². The normalized spacial score (nSPS) is 17.8. The lowest BCUT2D eigenvalue weighted by atomic mass is 10.0. The standard InChI is InChI=1S/C16H23NO3S/c1-2-3-8-17(11-13-7-10-21-12-13)15(18)5-4-14-6-9-20-16(14)19/h7,10,12,14H,2-6,8-9,11H2,1H3. The molecular formula is C16H23NO3S. The fourth-order valence-corrected chi connectivity index (χ4v) is 3.16. The van der Waals surface area contributed by atoms with E-state index in [1.165, 1.54) is 5.56 Å². The Bertz CT molecular complexity index is 458. The van der Waals surface area contributed by atoms with E-state index in [2.05, 4.69) is 18.4 Å². The predicted molar refractivity (Wildman–Crippen MR) is 82.9 cm³/mol. The molecule has 1 aliphatic rings. The summed E-state index contributed by atoms with van der Waals surface area (Å²) in [4.78, 5) is 25.8. The number of rotatable bonds is 8. The van der Waals surface area contributed by atoms with E-state index in [1.807, 2.05) is 10.3 Å². The van der Waals surface area contributed by atoms with Crippen LogP contribution in [-0.4, -0.2) is 29.9 Å². The molecule has 1 atom stereocenters. The number of thiophene rings is 1. The van der Waals surface area contributed by atoms with Crippen molar-refractivity contribution < 1.29 is 14.3 Å². The lowest BCUT2D eigenvalue weighted by Crippen LogP contribution is -2.31. The predicted octanol–water partition coefficient (Wildman–Crippen LogP) is 3.22. The Morgan fingerprint density at radius 1 is 1.52 bits per heavy atom. The van der Waals surface area contributed by atoms with Crippen LogP contribution in [0.25, 0.3) is 0 Å². The minimum absolute atomic E-state index is 0.0804. The van der Waals surface area contributed by atoms with Crippen molar-refractivity contribution in [3.63, 3.8) is 0 Å². The molecule has 0 saturated carbocycles. The zero-order valence-electron chi connectivity index (χ0n) is 12.5. The van der Waals surface area contributed by atoms with Gasteiger partial charge in [0.25, 0.3) is 0 Å². The molecule has 4 nitrogen and oxygen atoms in total. The molecule has 0 N–H and O–H groups in total. The maximum absolute atomic E-state index is 12.4. The van der Waals surface area contributed by atoms with Crippen molar-refractivity contribution in [3.8, 4) is 0 Å². The number of unbranched alkanes of at least 4 members (excludes halogenated alkanes) is 1. The summed E-state index contributed by atoms with van der Waals surface area (Å²) in [6, 6.07) is 2.06. The summed E-state index contributed by atoms with van der Waals surface area (Å²) in [5.74, 6) is -0.0711. The molecule has 0 spiro atoms. The topological polar surface area (TPSA) is 46.6 Å². The zero-order valence-corrected chi connectivity index (χ0v) is 13.4. The molecule has 1 aromatic heterocycles. The SMILES string of the molecule is CCCCN(Cc1ccsc1)C(=O)CCC1CCOC1=O. The molecule has 1 unspecified atom stereocenters. The number of hydrogen-bond acceptors (Lipinski definition) is 4. The van der Waals surface area contributed by atoms with Gasteiger partial charge in [0.15, 0.2) is 0 Å². The Morgan fingerprint density at radius 2 is 2.38 bits per heavy atom. The third-order valence-corrected chi connectivity index (χ3v) is 4.57. The Kier molecular flexibility index (Phi) is 6.23. The van der Waals surface area contributed by atoms with Gasteiger partial charge in [-0.05, 0) is 41.7 Å².